The average Bonchev–Trinajstić information content (AvgIpc) is 2.70. The Balaban J connectivity index is 1.66. The standard InChI is InChI=1S/C21H22N2O4S/c1-16-8-10-17(11-9-16)26-13-4-7-21(25)27-15-20(24)23-18-5-2-3-6-19(18)28-14-12-22/h2-3,5-6,8-11H,4,7,13-15H2,1H3,(H,23,24). The van der Waals surface area contributed by atoms with Gasteiger partial charge in [0.15, 0.2) is 6.61 Å². The van der Waals surface area contributed by atoms with Gasteiger partial charge in [0.2, 0.25) is 0 Å². The van der Waals surface area contributed by atoms with Gasteiger partial charge in [0.05, 0.1) is 24.1 Å². The van der Waals surface area contributed by atoms with Crippen molar-refractivity contribution >= 4 is 29.3 Å². The van der Waals surface area contributed by atoms with E-state index in [9.17, 15) is 9.59 Å². The van der Waals surface area contributed by atoms with Crippen molar-refractivity contribution in [3.8, 4) is 11.8 Å². The summed E-state index contributed by atoms with van der Waals surface area (Å²) in [7, 11) is 0. The van der Waals surface area contributed by atoms with Gasteiger partial charge in [-0.1, -0.05) is 29.8 Å². The van der Waals surface area contributed by atoms with E-state index in [1.54, 1.807) is 12.1 Å². The Morgan fingerprint density at radius 2 is 1.89 bits per heavy atom. The Kier molecular flexibility index (Phi) is 8.89. The molecule has 0 heterocycles. The summed E-state index contributed by atoms with van der Waals surface area (Å²) < 4.78 is 10.5. The molecule has 0 aliphatic rings. The molecule has 0 aliphatic carbocycles. The fourth-order valence-electron chi connectivity index (χ4n) is 2.25. The normalized spacial score (nSPS) is 10.0. The molecule has 0 spiro atoms. The molecule has 0 saturated heterocycles. The molecule has 0 unspecified atom stereocenters. The molecule has 7 heteroatoms. The van der Waals surface area contributed by atoms with Crippen molar-refractivity contribution in [2.75, 3.05) is 24.3 Å². The molecule has 28 heavy (non-hydrogen) atoms. The lowest BCUT2D eigenvalue weighted by molar-refractivity contribution is -0.147. The smallest absolute Gasteiger partial charge is 0.306 e. The van der Waals surface area contributed by atoms with Crippen LogP contribution in [0.4, 0.5) is 5.69 Å². The van der Waals surface area contributed by atoms with Gasteiger partial charge in [0, 0.05) is 11.3 Å². The van der Waals surface area contributed by atoms with Gasteiger partial charge >= 0.3 is 5.97 Å². The molecule has 1 amide bonds. The summed E-state index contributed by atoms with van der Waals surface area (Å²) >= 11 is 1.33. The van der Waals surface area contributed by atoms with Gasteiger partial charge in [-0.05, 0) is 37.6 Å². The number of anilines is 1. The van der Waals surface area contributed by atoms with Crippen LogP contribution in [0.3, 0.4) is 0 Å². The lowest BCUT2D eigenvalue weighted by atomic mass is 10.2. The minimum absolute atomic E-state index is 0.174. The van der Waals surface area contributed by atoms with E-state index in [1.807, 2.05) is 49.4 Å². The van der Waals surface area contributed by atoms with Crippen molar-refractivity contribution in [3.63, 3.8) is 0 Å². The molecule has 2 aromatic rings. The molecule has 2 aromatic carbocycles. The van der Waals surface area contributed by atoms with Crippen LogP contribution in [0.15, 0.2) is 53.4 Å². The molecule has 0 aliphatic heterocycles. The minimum Gasteiger partial charge on any atom is -0.494 e. The second-order valence-electron chi connectivity index (χ2n) is 5.92. The van der Waals surface area contributed by atoms with Gasteiger partial charge in [0.25, 0.3) is 5.91 Å². The number of nitriles is 1. The van der Waals surface area contributed by atoms with E-state index in [4.69, 9.17) is 14.7 Å². The topological polar surface area (TPSA) is 88.4 Å². The monoisotopic (exact) mass is 398 g/mol. The second-order valence-corrected chi connectivity index (χ2v) is 6.93. The maximum Gasteiger partial charge on any atom is 0.306 e. The van der Waals surface area contributed by atoms with Crippen LogP contribution in [0.1, 0.15) is 18.4 Å². The largest absolute Gasteiger partial charge is 0.494 e. The molecule has 146 valence electrons. The van der Waals surface area contributed by atoms with Gasteiger partial charge in [-0.3, -0.25) is 9.59 Å². The van der Waals surface area contributed by atoms with Crippen molar-refractivity contribution in [2.45, 2.75) is 24.7 Å². The minimum atomic E-state index is -0.449. The summed E-state index contributed by atoms with van der Waals surface area (Å²) in [5.41, 5.74) is 1.75. The van der Waals surface area contributed by atoms with E-state index in [-0.39, 0.29) is 18.8 Å². The molecule has 0 bridgehead atoms. The zero-order chi connectivity index (χ0) is 20.2. The first-order chi connectivity index (χ1) is 13.6. The first-order valence-electron chi connectivity index (χ1n) is 8.82. The van der Waals surface area contributed by atoms with E-state index >= 15 is 0 Å². The van der Waals surface area contributed by atoms with Crippen LogP contribution in [0.25, 0.3) is 0 Å². The Labute approximate surface area is 168 Å². The summed E-state index contributed by atoms with van der Waals surface area (Å²) in [6.07, 6.45) is 0.676. The number of nitrogens with one attached hydrogen (secondary N) is 1. The predicted molar refractivity (Wildman–Crippen MR) is 108 cm³/mol. The number of ether oxygens (including phenoxy) is 2. The third-order valence-corrected chi connectivity index (χ3v) is 4.57. The third kappa shape index (κ3) is 7.72. The van der Waals surface area contributed by atoms with Gasteiger partial charge in [-0.15, -0.1) is 11.8 Å². The summed E-state index contributed by atoms with van der Waals surface area (Å²) in [5.74, 6) is 0.169. The van der Waals surface area contributed by atoms with Gasteiger partial charge in [0.1, 0.15) is 5.75 Å². The lowest BCUT2D eigenvalue weighted by Gasteiger charge is -2.10. The van der Waals surface area contributed by atoms with Crippen LogP contribution < -0.4 is 10.1 Å². The quantitative estimate of drug-likeness (QED) is 0.370. The van der Waals surface area contributed by atoms with Crippen LogP contribution in [-0.4, -0.2) is 30.8 Å². The third-order valence-electron chi connectivity index (χ3n) is 3.63. The SMILES string of the molecule is Cc1ccc(OCCCC(=O)OCC(=O)Nc2ccccc2SCC#N)cc1. The number of para-hydroxylation sites is 1. The number of aryl methyl sites for hydroxylation is 1. The first kappa shape index (κ1) is 21.3. The van der Waals surface area contributed by atoms with E-state index in [0.717, 1.165) is 16.2 Å². The molecule has 2 rings (SSSR count). The van der Waals surface area contributed by atoms with Gasteiger partial charge in [-0.25, -0.2) is 0 Å². The summed E-state index contributed by atoms with van der Waals surface area (Å²) in [5, 5.41) is 11.4. The van der Waals surface area contributed by atoms with Gasteiger partial charge < -0.3 is 14.8 Å². The van der Waals surface area contributed by atoms with E-state index in [1.165, 1.54) is 11.8 Å². The van der Waals surface area contributed by atoms with Crippen molar-refractivity contribution in [1.29, 1.82) is 5.26 Å². The molecular weight excluding hydrogens is 376 g/mol. The fourth-order valence-corrected chi connectivity index (χ4v) is 2.92. The Hall–Kier alpha value is -2.98. The highest BCUT2D eigenvalue weighted by Crippen LogP contribution is 2.26. The van der Waals surface area contributed by atoms with Crippen LogP contribution >= 0.6 is 11.8 Å². The molecule has 0 fully saturated rings. The van der Waals surface area contributed by atoms with Gasteiger partial charge in [-0.2, -0.15) is 5.26 Å². The van der Waals surface area contributed by atoms with Crippen LogP contribution in [0.2, 0.25) is 0 Å². The number of thioether (sulfide) groups is 1. The van der Waals surface area contributed by atoms with Crippen LogP contribution in [0.5, 0.6) is 5.75 Å². The van der Waals surface area contributed by atoms with Crippen molar-refractivity contribution in [3.05, 3.63) is 54.1 Å². The lowest BCUT2D eigenvalue weighted by Crippen LogP contribution is -2.21. The maximum atomic E-state index is 12.0. The Morgan fingerprint density at radius 3 is 2.64 bits per heavy atom. The molecular formula is C21H22N2O4S. The Morgan fingerprint density at radius 1 is 1.14 bits per heavy atom. The van der Waals surface area contributed by atoms with Crippen molar-refractivity contribution in [2.24, 2.45) is 0 Å². The van der Waals surface area contributed by atoms with Crippen LogP contribution in [-0.2, 0) is 14.3 Å². The van der Waals surface area contributed by atoms with Crippen molar-refractivity contribution < 1.29 is 19.1 Å². The molecule has 0 atom stereocenters. The number of carbonyl (C=O) groups is 2. The number of carbonyl (C=O) groups excluding carboxylic acids is 2. The average molecular weight is 398 g/mol. The van der Waals surface area contributed by atoms with E-state index in [2.05, 4.69) is 5.32 Å². The molecule has 0 saturated carbocycles. The zero-order valence-corrected chi connectivity index (χ0v) is 16.5. The number of hydrogen-bond donors (Lipinski definition) is 1. The maximum absolute atomic E-state index is 12.0. The number of rotatable bonds is 10. The fraction of sp³-hybridized carbons (Fsp3) is 0.286. The highest BCUT2D eigenvalue weighted by atomic mass is 32.2. The molecule has 0 radical (unpaired) electrons. The van der Waals surface area contributed by atoms with E-state index in [0.29, 0.717) is 18.7 Å². The highest BCUT2D eigenvalue weighted by molar-refractivity contribution is 7.99. The Bertz CT molecular complexity index is 831. The second kappa shape index (κ2) is 11.7. The number of amides is 1. The number of nitrogens with zero attached hydrogens (tertiary/aromatic N) is 1. The van der Waals surface area contributed by atoms with Crippen LogP contribution in [0, 0.1) is 18.3 Å². The van der Waals surface area contributed by atoms with Crippen molar-refractivity contribution in [1.82, 2.24) is 0 Å². The summed E-state index contributed by atoms with van der Waals surface area (Å²) in [6, 6.07) is 16.9. The predicted octanol–water partition coefficient (Wildman–Crippen LogP) is 3.95. The summed E-state index contributed by atoms with van der Waals surface area (Å²) in [4.78, 5) is 24.6. The zero-order valence-electron chi connectivity index (χ0n) is 15.6. The van der Waals surface area contributed by atoms with E-state index < -0.39 is 11.9 Å². The first-order valence-corrected chi connectivity index (χ1v) is 9.81. The molecule has 1 N–H and O–H groups in total. The summed E-state index contributed by atoms with van der Waals surface area (Å²) in [6.45, 7) is 2.04. The number of benzene rings is 2. The number of hydrogen-bond acceptors (Lipinski definition) is 6. The molecule has 6 nitrogen and oxygen atoms in total. The highest BCUT2D eigenvalue weighted by Gasteiger charge is 2.10. The molecule has 0 aromatic heterocycles. The number of esters is 1.